The predicted molar refractivity (Wildman–Crippen MR) is 100.0 cm³/mol. The summed E-state index contributed by atoms with van der Waals surface area (Å²) in [6, 6.07) is 17.0. The number of hydrogen-bond donors (Lipinski definition) is 1. The first-order chi connectivity index (χ1) is 13.3. The van der Waals surface area contributed by atoms with Crippen molar-refractivity contribution in [2.75, 3.05) is 0 Å². The number of aromatic nitrogens is 5. The Morgan fingerprint density at radius 2 is 1.74 bits per heavy atom. The van der Waals surface area contributed by atoms with E-state index in [2.05, 4.69) is 25.6 Å². The number of carbonyl (C=O) groups is 1. The van der Waals surface area contributed by atoms with Crippen molar-refractivity contribution < 1.29 is 4.79 Å². The van der Waals surface area contributed by atoms with Crippen LogP contribution in [0, 0.1) is 0 Å². The number of hydrogen-bond acceptors (Lipinski definition) is 5. The molecule has 132 valence electrons. The molecule has 0 saturated carbocycles. The van der Waals surface area contributed by atoms with Gasteiger partial charge in [-0.1, -0.05) is 23.4 Å². The summed E-state index contributed by atoms with van der Waals surface area (Å²) in [6.45, 7) is 0.381. The van der Waals surface area contributed by atoms with E-state index < -0.39 is 0 Å². The van der Waals surface area contributed by atoms with Crippen LogP contribution < -0.4 is 5.32 Å². The van der Waals surface area contributed by atoms with E-state index in [1.807, 2.05) is 54.6 Å². The van der Waals surface area contributed by atoms with Crippen LogP contribution in [0.1, 0.15) is 16.1 Å². The molecule has 3 aromatic heterocycles. The monoisotopic (exact) mass is 356 g/mol. The van der Waals surface area contributed by atoms with Crippen molar-refractivity contribution >= 4 is 5.91 Å². The number of nitrogens with one attached hydrogen (secondary N) is 1. The average Bonchev–Trinajstić information content (AvgIpc) is 3.19. The van der Waals surface area contributed by atoms with E-state index in [1.54, 1.807) is 29.5 Å². The molecule has 4 aromatic rings. The highest BCUT2D eigenvalue weighted by Crippen LogP contribution is 2.24. The van der Waals surface area contributed by atoms with Crippen molar-refractivity contribution in [3.05, 3.63) is 90.6 Å². The molecule has 1 amide bonds. The number of benzene rings is 1. The van der Waals surface area contributed by atoms with Gasteiger partial charge >= 0.3 is 0 Å². The van der Waals surface area contributed by atoms with Gasteiger partial charge in [0.1, 0.15) is 5.69 Å². The molecule has 0 aliphatic carbocycles. The molecular formula is C20H16N6O. The Bertz CT molecular complexity index is 1030. The van der Waals surface area contributed by atoms with Gasteiger partial charge in [-0.3, -0.25) is 14.8 Å². The van der Waals surface area contributed by atoms with Gasteiger partial charge in [0.05, 0.1) is 5.69 Å². The lowest BCUT2D eigenvalue weighted by Crippen LogP contribution is -2.24. The Morgan fingerprint density at radius 1 is 0.926 bits per heavy atom. The lowest BCUT2D eigenvalue weighted by atomic mass is 10.1. The molecule has 7 heteroatoms. The van der Waals surface area contributed by atoms with Crippen LogP contribution in [0.2, 0.25) is 0 Å². The van der Waals surface area contributed by atoms with Crippen molar-refractivity contribution in [1.82, 2.24) is 30.3 Å². The summed E-state index contributed by atoms with van der Waals surface area (Å²) < 4.78 is 1.65. The minimum Gasteiger partial charge on any atom is -0.346 e. The van der Waals surface area contributed by atoms with Gasteiger partial charge in [-0.15, -0.1) is 5.10 Å². The molecule has 0 unspecified atom stereocenters. The van der Waals surface area contributed by atoms with Crippen LogP contribution >= 0.6 is 0 Å². The minimum atomic E-state index is -0.298. The van der Waals surface area contributed by atoms with E-state index in [0.717, 1.165) is 16.8 Å². The van der Waals surface area contributed by atoms with Crippen LogP contribution in [0.3, 0.4) is 0 Å². The van der Waals surface area contributed by atoms with Crippen LogP contribution in [-0.4, -0.2) is 30.9 Å². The molecule has 0 aliphatic heterocycles. The fourth-order valence-corrected chi connectivity index (χ4v) is 2.71. The van der Waals surface area contributed by atoms with Crippen LogP contribution in [-0.2, 0) is 6.54 Å². The van der Waals surface area contributed by atoms with Gasteiger partial charge in [-0.05, 0) is 42.0 Å². The van der Waals surface area contributed by atoms with Crippen LogP contribution in [0.15, 0.2) is 79.4 Å². The second kappa shape index (κ2) is 7.57. The number of rotatable bonds is 5. The maximum atomic E-state index is 12.8. The highest BCUT2D eigenvalue weighted by atomic mass is 16.2. The maximum Gasteiger partial charge on any atom is 0.274 e. The molecule has 4 rings (SSSR count). The lowest BCUT2D eigenvalue weighted by molar-refractivity contribution is 0.0946. The summed E-state index contributed by atoms with van der Waals surface area (Å²) in [5.74, 6) is -0.298. The molecule has 0 saturated heterocycles. The van der Waals surface area contributed by atoms with E-state index >= 15 is 0 Å². The Hall–Kier alpha value is -3.87. The number of amides is 1. The third-order valence-electron chi connectivity index (χ3n) is 4.02. The zero-order valence-corrected chi connectivity index (χ0v) is 14.4. The fourth-order valence-electron chi connectivity index (χ4n) is 2.71. The van der Waals surface area contributed by atoms with Crippen molar-refractivity contribution in [2.24, 2.45) is 0 Å². The number of para-hydroxylation sites is 1. The molecule has 0 radical (unpaired) electrons. The van der Waals surface area contributed by atoms with E-state index in [1.165, 1.54) is 0 Å². The first-order valence-electron chi connectivity index (χ1n) is 8.41. The van der Waals surface area contributed by atoms with Gasteiger partial charge in [0, 0.05) is 36.9 Å². The SMILES string of the molecule is O=C(NCc1ccncc1)c1nnn(-c2ccccc2)c1-c1cccnc1. The van der Waals surface area contributed by atoms with Gasteiger partial charge in [0.25, 0.3) is 5.91 Å². The standard InChI is InChI=1S/C20H16N6O/c27-20(23-13-15-8-11-21-12-9-15)18-19(16-5-4-10-22-14-16)26(25-24-18)17-6-2-1-3-7-17/h1-12,14H,13H2,(H,23,27). The zero-order chi connectivity index (χ0) is 18.5. The molecule has 0 atom stereocenters. The summed E-state index contributed by atoms with van der Waals surface area (Å²) in [7, 11) is 0. The predicted octanol–water partition coefficient (Wildman–Crippen LogP) is 2.65. The number of nitrogens with zero attached hydrogens (tertiary/aromatic N) is 5. The Labute approximate surface area is 155 Å². The maximum absolute atomic E-state index is 12.8. The molecule has 0 fully saturated rings. The lowest BCUT2D eigenvalue weighted by Gasteiger charge is -2.08. The van der Waals surface area contributed by atoms with Crippen molar-refractivity contribution in [3.63, 3.8) is 0 Å². The van der Waals surface area contributed by atoms with Gasteiger partial charge < -0.3 is 5.32 Å². The molecule has 0 bridgehead atoms. The topological polar surface area (TPSA) is 85.6 Å². The summed E-state index contributed by atoms with van der Waals surface area (Å²) in [6.07, 6.45) is 6.75. The summed E-state index contributed by atoms with van der Waals surface area (Å²) in [5, 5.41) is 11.2. The second-order valence-electron chi connectivity index (χ2n) is 5.81. The van der Waals surface area contributed by atoms with Crippen molar-refractivity contribution in [2.45, 2.75) is 6.54 Å². The third-order valence-corrected chi connectivity index (χ3v) is 4.02. The van der Waals surface area contributed by atoms with Crippen molar-refractivity contribution in [1.29, 1.82) is 0 Å². The Morgan fingerprint density at radius 3 is 2.48 bits per heavy atom. The normalized spacial score (nSPS) is 10.5. The molecule has 27 heavy (non-hydrogen) atoms. The molecule has 1 N–H and O–H groups in total. The number of carbonyl (C=O) groups excluding carboxylic acids is 1. The highest BCUT2D eigenvalue weighted by molar-refractivity contribution is 5.98. The largest absolute Gasteiger partial charge is 0.346 e. The van der Waals surface area contributed by atoms with E-state index in [0.29, 0.717) is 12.2 Å². The highest BCUT2D eigenvalue weighted by Gasteiger charge is 2.22. The molecular weight excluding hydrogens is 340 g/mol. The van der Waals surface area contributed by atoms with Gasteiger partial charge in [-0.2, -0.15) is 0 Å². The quantitative estimate of drug-likeness (QED) is 0.594. The fraction of sp³-hybridized carbons (Fsp3) is 0.0500. The third kappa shape index (κ3) is 3.57. The smallest absolute Gasteiger partial charge is 0.274 e. The van der Waals surface area contributed by atoms with Crippen molar-refractivity contribution in [3.8, 4) is 16.9 Å². The molecule has 7 nitrogen and oxygen atoms in total. The number of pyridine rings is 2. The van der Waals surface area contributed by atoms with Gasteiger partial charge in [0.15, 0.2) is 5.69 Å². The Balaban J connectivity index is 1.70. The van der Waals surface area contributed by atoms with Crippen LogP contribution in [0.5, 0.6) is 0 Å². The van der Waals surface area contributed by atoms with Gasteiger partial charge in [0.2, 0.25) is 0 Å². The van der Waals surface area contributed by atoms with E-state index in [4.69, 9.17) is 0 Å². The second-order valence-corrected chi connectivity index (χ2v) is 5.81. The molecule has 0 aliphatic rings. The zero-order valence-electron chi connectivity index (χ0n) is 14.4. The molecule has 3 heterocycles. The van der Waals surface area contributed by atoms with Crippen LogP contribution in [0.25, 0.3) is 16.9 Å². The van der Waals surface area contributed by atoms with E-state index in [9.17, 15) is 4.79 Å². The van der Waals surface area contributed by atoms with E-state index in [-0.39, 0.29) is 11.6 Å². The van der Waals surface area contributed by atoms with Crippen LogP contribution in [0.4, 0.5) is 0 Å². The van der Waals surface area contributed by atoms with Gasteiger partial charge in [-0.25, -0.2) is 4.68 Å². The first-order valence-corrected chi connectivity index (χ1v) is 8.41. The first kappa shape index (κ1) is 16.6. The summed E-state index contributed by atoms with van der Waals surface area (Å²) in [5.41, 5.74) is 3.39. The minimum absolute atomic E-state index is 0.251. The Kier molecular flexibility index (Phi) is 4.65. The summed E-state index contributed by atoms with van der Waals surface area (Å²) in [4.78, 5) is 20.9. The molecule has 1 aromatic carbocycles. The summed E-state index contributed by atoms with van der Waals surface area (Å²) >= 11 is 0. The molecule has 0 spiro atoms. The average molecular weight is 356 g/mol.